The first-order chi connectivity index (χ1) is 12.7. The highest BCUT2D eigenvalue weighted by Crippen LogP contribution is 2.30. The van der Waals surface area contributed by atoms with E-state index in [0.29, 0.717) is 12.0 Å². The van der Waals surface area contributed by atoms with Gasteiger partial charge in [-0.25, -0.2) is 4.68 Å². The van der Waals surface area contributed by atoms with E-state index in [2.05, 4.69) is 18.9 Å². The molecule has 1 fully saturated rings. The zero-order valence-corrected chi connectivity index (χ0v) is 16.5. The Morgan fingerprint density at radius 2 is 1.85 bits per heavy atom. The summed E-state index contributed by atoms with van der Waals surface area (Å²) in [6.45, 7) is 9.81. The molecular formula is C21H27N3O3. The molecule has 0 spiro atoms. The lowest BCUT2D eigenvalue weighted by Gasteiger charge is -2.20. The van der Waals surface area contributed by atoms with Crippen molar-refractivity contribution in [3.63, 3.8) is 0 Å². The number of hydrogen-bond donors (Lipinski definition) is 1. The van der Waals surface area contributed by atoms with Crippen LogP contribution in [0.25, 0.3) is 5.69 Å². The van der Waals surface area contributed by atoms with Crippen LogP contribution in [-0.4, -0.2) is 44.8 Å². The van der Waals surface area contributed by atoms with Crippen LogP contribution in [0.15, 0.2) is 24.3 Å². The number of likely N-dealkylation sites (tertiary alicyclic amines) is 1. The second-order valence-electron chi connectivity index (χ2n) is 8.14. The minimum atomic E-state index is -0.811. The Kier molecular flexibility index (Phi) is 5.09. The van der Waals surface area contributed by atoms with Gasteiger partial charge in [-0.15, -0.1) is 0 Å². The van der Waals surface area contributed by atoms with Gasteiger partial charge in [0.2, 0.25) is 0 Å². The molecule has 0 atom stereocenters. The molecule has 1 aliphatic rings. The highest BCUT2D eigenvalue weighted by Gasteiger charge is 2.32. The number of aromatic nitrogens is 2. The average molecular weight is 369 g/mol. The SMILES string of the molecule is Cc1nn(-c2ccc(C(=O)N3CCC(C)(C)C3)cc2)c(C)c1CCC(=O)O. The number of carbonyl (C=O) groups is 2. The number of carboxylic acids is 1. The number of hydrogen-bond acceptors (Lipinski definition) is 3. The molecule has 1 N–H and O–H groups in total. The van der Waals surface area contributed by atoms with E-state index in [-0.39, 0.29) is 17.7 Å². The number of carbonyl (C=O) groups excluding carboxylic acids is 1. The van der Waals surface area contributed by atoms with E-state index in [1.165, 1.54) is 0 Å². The topological polar surface area (TPSA) is 75.4 Å². The van der Waals surface area contributed by atoms with E-state index < -0.39 is 5.97 Å². The first-order valence-electron chi connectivity index (χ1n) is 9.34. The Balaban J connectivity index is 1.79. The third kappa shape index (κ3) is 4.04. The Labute approximate surface area is 159 Å². The van der Waals surface area contributed by atoms with E-state index in [4.69, 9.17) is 5.11 Å². The third-order valence-corrected chi connectivity index (χ3v) is 5.35. The van der Waals surface area contributed by atoms with Crippen molar-refractivity contribution in [2.45, 2.75) is 47.0 Å². The highest BCUT2D eigenvalue weighted by molar-refractivity contribution is 5.94. The van der Waals surface area contributed by atoms with Crippen LogP contribution in [0, 0.1) is 19.3 Å². The van der Waals surface area contributed by atoms with Crippen molar-refractivity contribution in [2.24, 2.45) is 5.41 Å². The van der Waals surface area contributed by atoms with E-state index >= 15 is 0 Å². The zero-order chi connectivity index (χ0) is 19.8. The molecule has 6 heteroatoms. The zero-order valence-electron chi connectivity index (χ0n) is 16.5. The molecule has 3 rings (SSSR count). The molecule has 1 amide bonds. The maximum Gasteiger partial charge on any atom is 0.303 e. The second-order valence-corrected chi connectivity index (χ2v) is 8.14. The van der Waals surface area contributed by atoms with Gasteiger partial charge in [-0.05, 0) is 61.9 Å². The lowest BCUT2D eigenvalue weighted by molar-refractivity contribution is -0.136. The maximum atomic E-state index is 12.7. The highest BCUT2D eigenvalue weighted by atomic mass is 16.4. The van der Waals surface area contributed by atoms with Gasteiger partial charge < -0.3 is 10.0 Å². The average Bonchev–Trinajstić information content (AvgIpc) is 3.11. The van der Waals surface area contributed by atoms with Crippen LogP contribution >= 0.6 is 0 Å². The fraction of sp³-hybridized carbons (Fsp3) is 0.476. The Hall–Kier alpha value is -2.63. The molecule has 0 unspecified atom stereocenters. The number of carboxylic acid groups (broad SMARTS) is 1. The number of nitrogens with zero attached hydrogens (tertiary/aromatic N) is 3. The first kappa shape index (κ1) is 19.1. The Morgan fingerprint density at radius 1 is 1.19 bits per heavy atom. The summed E-state index contributed by atoms with van der Waals surface area (Å²) in [6, 6.07) is 7.48. The summed E-state index contributed by atoms with van der Waals surface area (Å²) in [5.74, 6) is -0.739. The van der Waals surface area contributed by atoms with Crippen molar-refractivity contribution in [3.05, 3.63) is 46.8 Å². The fourth-order valence-electron chi connectivity index (χ4n) is 3.73. The molecule has 1 aliphatic heterocycles. The summed E-state index contributed by atoms with van der Waals surface area (Å²) in [5, 5.41) is 13.5. The number of aryl methyl sites for hydroxylation is 1. The Morgan fingerprint density at radius 3 is 2.41 bits per heavy atom. The third-order valence-electron chi connectivity index (χ3n) is 5.35. The monoisotopic (exact) mass is 369 g/mol. The van der Waals surface area contributed by atoms with Crippen LogP contribution in [0.1, 0.15) is 54.0 Å². The maximum absolute atomic E-state index is 12.7. The quantitative estimate of drug-likeness (QED) is 0.877. The number of benzene rings is 1. The smallest absolute Gasteiger partial charge is 0.303 e. The molecule has 1 aromatic heterocycles. The summed E-state index contributed by atoms with van der Waals surface area (Å²) >= 11 is 0. The van der Waals surface area contributed by atoms with E-state index in [1.54, 1.807) is 0 Å². The lowest BCUT2D eigenvalue weighted by atomic mass is 9.93. The predicted molar refractivity (Wildman–Crippen MR) is 103 cm³/mol. The van der Waals surface area contributed by atoms with Crippen molar-refractivity contribution in [3.8, 4) is 5.69 Å². The second kappa shape index (κ2) is 7.18. The summed E-state index contributed by atoms with van der Waals surface area (Å²) in [7, 11) is 0. The summed E-state index contributed by atoms with van der Waals surface area (Å²) in [6.07, 6.45) is 1.59. The number of amides is 1. The van der Waals surface area contributed by atoms with Crippen molar-refractivity contribution in [1.82, 2.24) is 14.7 Å². The van der Waals surface area contributed by atoms with Gasteiger partial charge in [-0.1, -0.05) is 13.8 Å². The van der Waals surface area contributed by atoms with Gasteiger partial charge in [0.05, 0.1) is 11.4 Å². The van der Waals surface area contributed by atoms with Crippen LogP contribution in [-0.2, 0) is 11.2 Å². The molecule has 2 aromatic rings. The molecule has 0 saturated carbocycles. The number of rotatable bonds is 5. The molecule has 0 radical (unpaired) electrons. The van der Waals surface area contributed by atoms with Crippen molar-refractivity contribution in [1.29, 1.82) is 0 Å². The van der Waals surface area contributed by atoms with Crippen molar-refractivity contribution in [2.75, 3.05) is 13.1 Å². The molecule has 144 valence electrons. The number of aliphatic carboxylic acids is 1. The standard InChI is InChI=1S/C21H27N3O3/c1-14-18(9-10-19(25)26)15(2)24(22-14)17-7-5-16(6-8-17)20(27)23-12-11-21(3,4)13-23/h5-8H,9-13H2,1-4H3,(H,25,26). The van der Waals surface area contributed by atoms with E-state index in [0.717, 1.165) is 42.1 Å². The van der Waals surface area contributed by atoms with Gasteiger partial charge in [0.25, 0.3) is 5.91 Å². The molecular weight excluding hydrogens is 342 g/mol. The lowest BCUT2D eigenvalue weighted by Crippen LogP contribution is -2.30. The molecule has 1 aromatic carbocycles. The molecule has 1 saturated heterocycles. The van der Waals surface area contributed by atoms with Crippen LogP contribution in [0.5, 0.6) is 0 Å². The van der Waals surface area contributed by atoms with Crippen LogP contribution in [0.3, 0.4) is 0 Å². The molecule has 0 bridgehead atoms. The minimum absolute atomic E-state index is 0.0719. The van der Waals surface area contributed by atoms with Gasteiger partial charge in [0.15, 0.2) is 0 Å². The van der Waals surface area contributed by atoms with Gasteiger partial charge in [-0.3, -0.25) is 9.59 Å². The van der Waals surface area contributed by atoms with Crippen molar-refractivity contribution < 1.29 is 14.7 Å². The summed E-state index contributed by atoms with van der Waals surface area (Å²) in [4.78, 5) is 25.5. The van der Waals surface area contributed by atoms with E-state index in [9.17, 15) is 9.59 Å². The molecule has 0 aliphatic carbocycles. The molecule has 27 heavy (non-hydrogen) atoms. The summed E-state index contributed by atoms with van der Waals surface area (Å²) in [5.41, 5.74) is 4.49. The normalized spacial score (nSPS) is 15.9. The van der Waals surface area contributed by atoms with E-state index in [1.807, 2.05) is 47.7 Å². The minimum Gasteiger partial charge on any atom is -0.481 e. The first-order valence-corrected chi connectivity index (χ1v) is 9.34. The van der Waals surface area contributed by atoms with Gasteiger partial charge in [-0.2, -0.15) is 5.10 Å². The summed E-state index contributed by atoms with van der Waals surface area (Å²) < 4.78 is 1.82. The fourth-order valence-corrected chi connectivity index (χ4v) is 3.73. The van der Waals surface area contributed by atoms with Crippen LogP contribution in [0.2, 0.25) is 0 Å². The Bertz CT molecular complexity index is 866. The van der Waals surface area contributed by atoms with Crippen molar-refractivity contribution >= 4 is 11.9 Å². The predicted octanol–water partition coefficient (Wildman–Crippen LogP) is 3.38. The van der Waals surface area contributed by atoms with Gasteiger partial charge in [0.1, 0.15) is 0 Å². The van der Waals surface area contributed by atoms with Crippen LogP contribution < -0.4 is 0 Å². The molecule has 6 nitrogen and oxygen atoms in total. The largest absolute Gasteiger partial charge is 0.481 e. The van der Waals surface area contributed by atoms with Gasteiger partial charge in [0, 0.05) is 30.8 Å². The molecule has 2 heterocycles. The van der Waals surface area contributed by atoms with Crippen LogP contribution in [0.4, 0.5) is 0 Å². The van der Waals surface area contributed by atoms with Gasteiger partial charge >= 0.3 is 5.97 Å².